The summed E-state index contributed by atoms with van der Waals surface area (Å²) >= 11 is 0. The maximum absolute atomic E-state index is 13.0. The van der Waals surface area contributed by atoms with Crippen molar-refractivity contribution in [3.05, 3.63) is 34.6 Å². The highest BCUT2D eigenvalue weighted by Gasteiger charge is 2.28. The van der Waals surface area contributed by atoms with E-state index in [1.807, 2.05) is 0 Å². The summed E-state index contributed by atoms with van der Waals surface area (Å²) in [5.41, 5.74) is -1.10. The number of benzene rings is 1. The zero-order valence-corrected chi connectivity index (χ0v) is 7.41. The minimum Gasteiger partial charge on any atom is -0.203 e. The zero-order chi connectivity index (χ0) is 11.7. The molecule has 6 heteroatoms. The Morgan fingerprint density at radius 3 is 1.53 bits per heavy atom. The van der Waals surface area contributed by atoms with E-state index in [1.165, 1.54) is 6.07 Å². The molecule has 0 aliphatic rings. The zero-order valence-electron chi connectivity index (χ0n) is 7.41. The highest BCUT2D eigenvalue weighted by Crippen LogP contribution is 2.28. The third kappa shape index (κ3) is 1.65. The normalized spacial score (nSPS) is 12.3. The summed E-state index contributed by atoms with van der Waals surface area (Å²) in [5, 5.41) is 8.37. The van der Waals surface area contributed by atoms with E-state index in [1.54, 1.807) is 0 Å². The molecule has 0 aliphatic carbocycles. The van der Waals surface area contributed by atoms with Crippen molar-refractivity contribution in [3.63, 3.8) is 0 Å². The second-order valence-corrected chi connectivity index (χ2v) is 2.83. The van der Waals surface area contributed by atoms with Crippen LogP contribution >= 0.6 is 0 Å². The van der Waals surface area contributed by atoms with Gasteiger partial charge in [-0.25, -0.2) is 22.0 Å². The summed E-state index contributed by atoms with van der Waals surface area (Å²) in [6.45, 7) is 1.04. The van der Waals surface area contributed by atoms with Gasteiger partial charge in [0, 0.05) is 5.56 Å². The smallest absolute Gasteiger partial charge is 0.200 e. The molecule has 0 radical (unpaired) electrons. The second kappa shape index (κ2) is 3.85. The first-order valence-electron chi connectivity index (χ1n) is 3.82. The summed E-state index contributed by atoms with van der Waals surface area (Å²) in [4.78, 5) is 0. The first kappa shape index (κ1) is 11.4. The lowest BCUT2D eigenvalue weighted by molar-refractivity contribution is 0.369. The van der Waals surface area contributed by atoms with E-state index in [9.17, 15) is 22.0 Å². The fraction of sp³-hybridized carbons (Fsp3) is 0.222. The van der Waals surface area contributed by atoms with E-state index in [2.05, 4.69) is 0 Å². The second-order valence-electron chi connectivity index (χ2n) is 2.83. The number of halogens is 5. The van der Waals surface area contributed by atoms with Gasteiger partial charge in [-0.2, -0.15) is 5.26 Å². The van der Waals surface area contributed by atoms with E-state index < -0.39 is 40.6 Å². The van der Waals surface area contributed by atoms with Gasteiger partial charge < -0.3 is 0 Å². The van der Waals surface area contributed by atoms with Crippen LogP contribution in [-0.4, -0.2) is 0 Å². The quantitative estimate of drug-likeness (QED) is 0.406. The summed E-state index contributed by atoms with van der Waals surface area (Å²) in [5.74, 6) is -11.6. The number of nitrogens with zero attached hydrogens (tertiary/aromatic N) is 1. The Hall–Kier alpha value is -1.64. The monoisotopic (exact) mass is 221 g/mol. The van der Waals surface area contributed by atoms with Crippen LogP contribution in [0.25, 0.3) is 0 Å². The van der Waals surface area contributed by atoms with Gasteiger partial charge in [-0.3, -0.25) is 0 Å². The van der Waals surface area contributed by atoms with Crippen molar-refractivity contribution in [1.82, 2.24) is 0 Å². The van der Waals surface area contributed by atoms with Gasteiger partial charge in [0.25, 0.3) is 0 Å². The summed E-state index contributed by atoms with van der Waals surface area (Å²) in [7, 11) is 0. The summed E-state index contributed by atoms with van der Waals surface area (Å²) in [6, 6.07) is 1.40. The fourth-order valence-corrected chi connectivity index (χ4v) is 1.07. The Kier molecular flexibility index (Phi) is 2.93. The van der Waals surface area contributed by atoms with Gasteiger partial charge in [0.2, 0.25) is 5.82 Å². The fourth-order valence-electron chi connectivity index (χ4n) is 1.07. The molecule has 0 fully saturated rings. The van der Waals surface area contributed by atoms with Crippen molar-refractivity contribution in [3.8, 4) is 6.07 Å². The minimum absolute atomic E-state index is 1.04. The summed E-state index contributed by atoms with van der Waals surface area (Å²) < 4.78 is 63.7. The van der Waals surface area contributed by atoms with Crippen LogP contribution in [0.1, 0.15) is 18.4 Å². The topological polar surface area (TPSA) is 23.8 Å². The lowest BCUT2D eigenvalue weighted by Gasteiger charge is -2.08. The average Bonchev–Trinajstić information content (AvgIpc) is 2.23. The number of hydrogen-bond donors (Lipinski definition) is 0. The van der Waals surface area contributed by atoms with Gasteiger partial charge in [0.1, 0.15) is 0 Å². The van der Waals surface area contributed by atoms with Crippen LogP contribution in [0.5, 0.6) is 0 Å². The largest absolute Gasteiger partial charge is 0.203 e. The van der Waals surface area contributed by atoms with Crippen molar-refractivity contribution >= 4 is 0 Å². The van der Waals surface area contributed by atoms with Crippen LogP contribution in [0, 0.1) is 40.4 Å². The van der Waals surface area contributed by atoms with E-state index in [0.29, 0.717) is 0 Å². The standard InChI is InChI=1S/C9H4F5N/c1-3(2-15)4-5(10)7(12)9(14)8(13)6(4)11/h3H,1H3. The molecule has 0 aromatic heterocycles. The lowest BCUT2D eigenvalue weighted by atomic mass is 10.0. The Balaban J connectivity index is 3.61. The minimum atomic E-state index is -2.22. The van der Waals surface area contributed by atoms with Crippen molar-refractivity contribution < 1.29 is 22.0 Å². The molecule has 1 rings (SSSR count). The van der Waals surface area contributed by atoms with Crippen molar-refractivity contribution in [1.29, 1.82) is 5.26 Å². The Morgan fingerprint density at radius 1 is 0.867 bits per heavy atom. The third-order valence-corrected chi connectivity index (χ3v) is 1.87. The van der Waals surface area contributed by atoms with Gasteiger partial charge in [-0.15, -0.1) is 0 Å². The van der Waals surface area contributed by atoms with Gasteiger partial charge in [-0.1, -0.05) is 0 Å². The van der Waals surface area contributed by atoms with E-state index >= 15 is 0 Å². The molecule has 0 amide bonds. The number of rotatable bonds is 1. The predicted molar refractivity (Wildman–Crippen MR) is 40.3 cm³/mol. The Bertz CT molecular complexity index is 420. The molecule has 1 atom stereocenters. The van der Waals surface area contributed by atoms with Gasteiger partial charge in [0.15, 0.2) is 23.3 Å². The van der Waals surface area contributed by atoms with Crippen LogP contribution in [-0.2, 0) is 0 Å². The van der Waals surface area contributed by atoms with Crippen LogP contribution in [0.3, 0.4) is 0 Å². The maximum Gasteiger partial charge on any atom is 0.200 e. The van der Waals surface area contributed by atoms with Crippen LogP contribution in [0.15, 0.2) is 0 Å². The number of nitriles is 1. The molecule has 0 bridgehead atoms. The average molecular weight is 221 g/mol. The lowest BCUT2D eigenvalue weighted by Crippen LogP contribution is -2.08. The highest BCUT2D eigenvalue weighted by molar-refractivity contribution is 5.30. The van der Waals surface area contributed by atoms with Gasteiger partial charge in [-0.05, 0) is 6.92 Å². The van der Waals surface area contributed by atoms with Crippen LogP contribution in [0.2, 0.25) is 0 Å². The van der Waals surface area contributed by atoms with E-state index in [0.717, 1.165) is 6.92 Å². The molecule has 80 valence electrons. The van der Waals surface area contributed by atoms with Gasteiger partial charge >= 0.3 is 0 Å². The predicted octanol–water partition coefficient (Wildman–Crippen LogP) is 3.01. The maximum atomic E-state index is 13.0. The molecular formula is C9H4F5N. The molecule has 0 spiro atoms. The molecule has 0 saturated carbocycles. The first-order chi connectivity index (χ1) is 6.91. The van der Waals surface area contributed by atoms with Crippen LogP contribution < -0.4 is 0 Å². The van der Waals surface area contributed by atoms with Crippen molar-refractivity contribution in [2.24, 2.45) is 0 Å². The molecule has 0 saturated heterocycles. The Labute approximate surface area is 81.7 Å². The molecule has 0 N–H and O–H groups in total. The van der Waals surface area contributed by atoms with Crippen LogP contribution in [0.4, 0.5) is 22.0 Å². The molecule has 15 heavy (non-hydrogen) atoms. The molecular weight excluding hydrogens is 217 g/mol. The third-order valence-electron chi connectivity index (χ3n) is 1.87. The molecule has 0 heterocycles. The molecule has 1 unspecified atom stereocenters. The van der Waals surface area contributed by atoms with Crippen molar-refractivity contribution in [2.45, 2.75) is 12.8 Å². The Morgan fingerprint density at radius 2 is 1.20 bits per heavy atom. The SMILES string of the molecule is CC(C#N)c1c(F)c(F)c(F)c(F)c1F. The molecule has 1 aromatic carbocycles. The van der Waals surface area contributed by atoms with E-state index in [4.69, 9.17) is 5.26 Å². The molecule has 0 aliphatic heterocycles. The summed E-state index contributed by atoms with van der Waals surface area (Å²) in [6.07, 6.45) is 0. The van der Waals surface area contributed by atoms with E-state index in [-0.39, 0.29) is 0 Å². The van der Waals surface area contributed by atoms with Crippen molar-refractivity contribution in [2.75, 3.05) is 0 Å². The number of hydrogen-bond acceptors (Lipinski definition) is 1. The highest BCUT2D eigenvalue weighted by atomic mass is 19.2. The van der Waals surface area contributed by atoms with Gasteiger partial charge in [0.05, 0.1) is 12.0 Å². The molecule has 1 nitrogen and oxygen atoms in total. The first-order valence-corrected chi connectivity index (χ1v) is 3.82. The molecule has 1 aromatic rings.